The fourth-order valence-electron chi connectivity index (χ4n) is 3.80. The second-order valence-electron chi connectivity index (χ2n) is 10.1. The minimum Gasteiger partial charge on any atom is -0.350 e. The fraction of sp³-hybridized carbons (Fsp3) is 0.310. The number of carbonyl (C=O) groups excluding carboxylic acids is 2. The van der Waals surface area contributed by atoms with Gasteiger partial charge < -0.3 is 10.2 Å². The molecule has 2 amide bonds. The average molecular weight is 522 g/mol. The Kier molecular flexibility index (Phi) is 8.76. The Morgan fingerprint density at radius 3 is 1.95 bits per heavy atom. The standard InChI is InChI=1S/C29H35N3O4S/c1-22-16-18-25(19-17-22)32(37(35,36)26-14-10-7-11-15-26)21-27(33)31(20-24-12-8-6-9-13-24)23(2)28(34)30-29(3,4)5/h6-19,23H,20-21H2,1-5H3,(H,30,34). The molecule has 0 bridgehead atoms. The summed E-state index contributed by atoms with van der Waals surface area (Å²) in [7, 11) is -4.06. The summed E-state index contributed by atoms with van der Waals surface area (Å²) in [6, 6.07) is 23.5. The smallest absolute Gasteiger partial charge is 0.264 e. The van der Waals surface area contributed by atoms with Gasteiger partial charge in [0, 0.05) is 12.1 Å². The van der Waals surface area contributed by atoms with Crippen LogP contribution in [0.4, 0.5) is 5.69 Å². The van der Waals surface area contributed by atoms with Crippen molar-refractivity contribution < 1.29 is 18.0 Å². The van der Waals surface area contributed by atoms with Crippen LogP contribution in [0.25, 0.3) is 0 Å². The largest absolute Gasteiger partial charge is 0.350 e. The maximum atomic E-state index is 13.8. The summed E-state index contributed by atoms with van der Waals surface area (Å²) in [6.45, 7) is 8.86. The van der Waals surface area contributed by atoms with Crippen LogP contribution < -0.4 is 9.62 Å². The van der Waals surface area contributed by atoms with Crippen LogP contribution in [-0.4, -0.2) is 43.3 Å². The highest BCUT2D eigenvalue weighted by Gasteiger charge is 2.33. The summed E-state index contributed by atoms with van der Waals surface area (Å²) in [4.78, 5) is 28.4. The van der Waals surface area contributed by atoms with Crippen molar-refractivity contribution in [2.75, 3.05) is 10.8 Å². The monoisotopic (exact) mass is 521 g/mol. The Morgan fingerprint density at radius 1 is 0.865 bits per heavy atom. The molecule has 3 rings (SSSR count). The van der Waals surface area contributed by atoms with Crippen LogP contribution in [0.3, 0.4) is 0 Å². The molecule has 0 saturated carbocycles. The van der Waals surface area contributed by atoms with Gasteiger partial charge in [-0.3, -0.25) is 13.9 Å². The zero-order valence-corrected chi connectivity index (χ0v) is 22.8. The molecule has 0 saturated heterocycles. The molecule has 1 N–H and O–H groups in total. The van der Waals surface area contributed by atoms with Crippen molar-refractivity contribution in [1.82, 2.24) is 10.2 Å². The van der Waals surface area contributed by atoms with E-state index < -0.39 is 34.1 Å². The molecule has 0 aliphatic carbocycles. The maximum Gasteiger partial charge on any atom is 0.264 e. The lowest BCUT2D eigenvalue weighted by atomic mass is 10.1. The van der Waals surface area contributed by atoms with Crippen LogP contribution in [-0.2, 0) is 26.2 Å². The molecule has 8 heteroatoms. The third-order valence-corrected chi connectivity index (χ3v) is 7.58. The highest BCUT2D eigenvalue weighted by Crippen LogP contribution is 2.25. The molecule has 1 atom stereocenters. The second-order valence-corrected chi connectivity index (χ2v) is 11.9. The number of hydrogen-bond donors (Lipinski definition) is 1. The molecule has 37 heavy (non-hydrogen) atoms. The van der Waals surface area contributed by atoms with E-state index in [0.717, 1.165) is 15.4 Å². The third kappa shape index (κ3) is 7.43. The Balaban J connectivity index is 2.00. The van der Waals surface area contributed by atoms with Crippen molar-refractivity contribution in [3.63, 3.8) is 0 Å². The molecule has 0 spiro atoms. The maximum absolute atomic E-state index is 13.8. The Bertz CT molecular complexity index is 1300. The topological polar surface area (TPSA) is 86.8 Å². The van der Waals surface area contributed by atoms with Crippen LogP contribution >= 0.6 is 0 Å². The third-order valence-electron chi connectivity index (χ3n) is 5.79. The number of hydrogen-bond acceptors (Lipinski definition) is 4. The van der Waals surface area contributed by atoms with Crippen molar-refractivity contribution in [2.45, 2.75) is 57.6 Å². The lowest BCUT2D eigenvalue weighted by Crippen LogP contribution is -2.54. The molecule has 0 aliphatic heterocycles. The number of benzene rings is 3. The first-order chi connectivity index (χ1) is 17.4. The van der Waals surface area contributed by atoms with Gasteiger partial charge >= 0.3 is 0 Å². The lowest BCUT2D eigenvalue weighted by molar-refractivity contribution is -0.140. The SMILES string of the molecule is Cc1ccc(N(CC(=O)N(Cc2ccccc2)C(C)C(=O)NC(C)(C)C)S(=O)(=O)c2ccccc2)cc1. The fourth-order valence-corrected chi connectivity index (χ4v) is 5.23. The number of rotatable bonds is 9. The molecule has 0 heterocycles. The molecule has 1 unspecified atom stereocenters. The van der Waals surface area contributed by atoms with E-state index in [0.29, 0.717) is 5.69 Å². The highest BCUT2D eigenvalue weighted by atomic mass is 32.2. The second kappa shape index (κ2) is 11.6. The predicted octanol–water partition coefficient (Wildman–Crippen LogP) is 4.52. The van der Waals surface area contributed by atoms with E-state index in [2.05, 4.69) is 5.32 Å². The normalized spacial score (nSPS) is 12.5. The summed E-state index contributed by atoms with van der Waals surface area (Å²) >= 11 is 0. The number of amides is 2. The Labute approximate surface area is 220 Å². The number of anilines is 1. The van der Waals surface area contributed by atoms with E-state index in [1.807, 2.05) is 58.0 Å². The van der Waals surface area contributed by atoms with E-state index in [4.69, 9.17) is 0 Å². The summed E-state index contributed by atoms with van der Waals surface area (Å²) < 4.78 is 28.5. The Hall–Kier alpha value is -3.65. The molecule has 0 aromatic heterocycles. The first-order valence-electron chi connectivity index (χ1n) is 12.2. The van der Waals surface area contributed by atoms with Gasteiger partial charge in [0.2, 0.25) is 11.8 Å². The molecule has 7 nitrogen and oxygen atoms in total. The quantitative estimate of drug-likeness (QED) is 0.449. The van der Waals surface area contributed by atoms with Crippen LogP contribution in [0.2, 0.25) is 0 Å². The summed E-state index contributed by atoms with van der Waals surface area (Å²) in [5.74, 6) is -0.801. The van der Waals surface area contributed by atoms with Gasteiger partial charge in [0.25, 0.3) is 10.0 Å². The Morgan fingerprint density at radius 2 is 1.41 bits per heavy atom. The summed E-state index contributed by atoms with van der Waals surface area (Å²) in [5, 5.41) is 2.92. The zero-order valence-electron chi connectivity index (χ0n) is 22.0. The van der Waals surface area contributed by atoms with Crippen molar-refractivity contribution in [2.24, 2.45) is 0 Å². The molecule has 0 radical (unpaired) electrons. The lowest BCUT2D eigenvalue weighted by Gasteiger charge is -2.33. The first-order valence-corrected chi connectivity index (χ1v) is 13.6. The van der Waals surface area contributed by atoms with Gasteiger partial charge in [-0.2, -0.15) is 0 Å². The van der Waals surface area contributed by atoms with Crippen LogP contribution in [0.1, 0.15) is 38.8 Å². The minimum absolute atomic E-state index is 0.0801. The molecule has 3 aromatic carbocycles. The molecular weight excluding hydrogens is 486 g/mol. The minimum atomic E-state index is -4.06. The van der Waals surface area contributed by atoms with Gasteiger partial charge in [0.15, 0.2) is 0 Å². The van der Waals surface area contributed by atoms with Crippen molar-refractivity contribution in [3.05, 3.63) is 96.1 Å². The van der Waals surface area contributed by atoms with Gasteiger partial charge in [-0.25, -0.2) is 8.42 Å². The van der Waals surface area contributed by atoms with Gasteiger partial charge in [-0.05, 0) is 64.4 Å². The van der Waals surface area contributed by atoms with Crippen molar-refractivity contribution >= 4 is 27.5 Å². The molecular formula is C29H35N3O4S. The highest BCUT2D eigenvalue weighted by molar-refractivity contribution is 7.92. The van der Waals surface area contributed by atoms with Crippen LogP contribution in [0, 0.1) is 6.92 Å². The van der Waals surface area contributed by atoms with Crippen molar-refractivity contribution in [1.29, 1.82) is 0 Å². The van der Waals surface area contributed by atoms with E-state index in [9.17, 15) is 18.0 Å². The molecule has 0 aliphatic rings. The van der Waals surface area contributed by atoms with Crippen LogP contribution in [0.5, 0.6) is 0 Å². The van der Waals surface area contributed by atoms with E-state index in [1.165, 1.54) is 17.0 Å². The summed E-state index contributed by atoms with van der Waals surface area (Å²) in [5.41, 5.74) is 1.68. The molecule has 0 fully saturated rings. The molecule has 196 valence electrons. The number of nitrogens with one attached hydrogen (secondary N) is 1. The number of nitrogens with zero attached hydrogens (tertiary/aromatic N) is 2. The van der Waals surface area contributed by atoms with Gasteiger partial charge in [-0.15, -0.1) is 0 Å². The van der Waals surface area contributed by atoms with Crippen LogP contribution in [0.15, 0.2) is 89.8 Å². The van der Waals surface area contributed by atoms with Gasteiger partial charge in [0.1, 0.15) is 12.6 Å². The molecule has 3 aromatic rings. The average Bonchev–Trinajstić information content (AvgIpc) is 2.86. The number of aryl methyl sites for hydroxylation is 1. The van der Waals surface area contributed by atoms with Crippen molar-refractivity contribution in [3.8, 4) is 0 Å². The van der Waals surface area contributed by atoms with E-state index in [-0.39, 0.29) is 17.3 Å². The van der Waals surface area contributed by atoms with Gasteiger partial charge in [-0.1, -0.05) is 66.2 Å². The van der Waals surface area contributed by atoms with Gasteiger partial charge in [0.05, 0.1) is 10.6 Å². The number of carbonyl (C=O) groups is 2. The van der Waals surface area contributed by atoms with E-state index >= 15 is 0 Å². The predicted molar refractivity (Wildman–Crippen MR) is 147 cm³/mol. The van der Waals surface area contributed by atoms with E-state index in [1.54, 1.807) is 49.4 Å². The first kappa shape index (κ1) is 27.9. The summed E-state index contributed by atoms with van der Waals surface area (Å²) in [6.07, 6.45) is 0. The number of sulfonamides is 1. The zero-order chi connectivity index (χ0) is 27.2.